The molecule has 0 aliphatic heterocycles. The SMILES string of the molecule is c1ccc(-c2nc(-c3ccccc3)nc(-c3cc(-c4ccc5c(c4)c4ccccc4n5-c4ccccc4)ccc3-n3c4ccccc4c4ccc(-n5c6ccccc6c6ccccc65)cc43)n2)cc1. The topological polar surface area (TPSA) is 53.5 Å². The summed E-state index contributed by atoms with van der Waals surface area (Å²) in [7, 11) is 0. The van der Waals surface area contributed by atoms with E-state index in [9.17, 15) is 0 Å². The van der Waals surface area contributed by atoms with E-state index in [-0.39, 0.29) is 0 Å². The molecule has 14 rings (SSSR count). The molecular weight excluding hydrogens is 841 g/mol. The predicted molar refractivity (Wildman–Crippen MR) is 285 cm³/mol. The van der Waals surface area contributed by atoms with Crippen molar-refractivity contribution in [3.63, 3.8) is 0 Å². The van der Waals surface area contributed by atoms with Gasteiger partial charge in [-0.2, -0.15) is 0 Å². The second kappa shape index (κ2) is 15.6. The normalized spacial score (nSPS) is 11.8. The van der Waals surface area contributed by atoms with Crippen LogP contribution in [-0.4, -0.2) is 28.7 Å². The van der Waals surface area contributed by atoms with Crippen LogP contribution >= 0.6 is 0 Å². The van der Waals surface area contributed by atoms with Gasteiger partial charge in [-0.3, -0.25) is 0 Å². The average molecular weight is 881 g/mol. The van der Waals surface area contributed by atoms with Crippen molar-refractivity contribution in [1.82, 2.24) is 28.7 Å². The predicted octanol–water partition coefficient (Wildman–Crippen LogP) is 15.8. The van der Waals surface area contributed by atoms with Crippen molar-refractivity contribution in [2.75, 3.05) is 0 Å². The number of hydrogen-bond acceptors (Lipinski definition) is 3. The van der Waals surface area contributed by atoms with Crippen LogP contribution in [0, 0.1) is 0 Å². The highest BCUT2D eigenvalue weighted by molar-refractivity contribution is 6.13. The summed E-state index contributed by atoms with van der Waals surface area (Å²) in [6.45, 7) is 0. The third kappa shape index (κ3) is 6.23. The van der Waals surface area contributed by atoms with Crippen LogP contribution in [0.1, 0.15) is 0 Å². The fourth-order valence-corrected chi connectivity index (χ4v) is 10.6. The lowest BCUT2D eigenvalue weighted by atomic mass is 9.99. The molecule has 0 atom stereocenters. The number of aromatic nitrogens is 6. The van der Waals surface area contributed by atoms with Gasteiger partial charge in [-0.15, -0.1) is 0 Å². The lowest BCUT2D eigenvalue weighted by molar-refractivity contribution is 1.06. The maximum atomic E-state index is 5.38. The maximum Gasteiger partial charge on any atom is 0.166 e. The van der Waals surface area contributed by atoms with Gasteiger partial charge in [0.15, 0.2) is 17.5 Å². The maximum absolute atomic E-state index is 5.38. The summed E-state index contributed by atoms with van der Waals surface area (Å²) in [6, 6.07) is 86.4. The highest BCUT2D eigenvalue weighted by atomic mass is 15.1. The van der Waals surface area contributed by atoms with Gasteiger partial charge in [-0.25, -0.2) is 15.0 Å². The number of rotatable bonds is 7. The van der Waals surface area contributed by atoms with Crippen molar-refractivity contribution in [2.24, 2.45) is 0 Å². The summed E-state index contributed by atoms with van der Waals surface area (Å²) in [4.78, 5) is 15.9. The van der Waals surface area contributed by atoms with Gasteiger partial charge in [-0.05, 0) is 83.9 Å². The van der Waals surface area contributed by atoms with Gasteiger partial charge in [0.1, 0.15) is 0 Å². The van der Waals surface area contributed by atoms with E-state index in [1.807, 2.05) is 36.4 Å². The molecular formula is C63H40N6. The fraction of sp³-hybridized carbons (Fsp3) is 0. The van der Waals surface area contributed by atoms with Gasteiger partial charge < -0.3 is 13.7 Å². The van der Waals surface area contributed by atoms with E-state index in [4.69, 9.17) is 15.0 Å². The number of nitrogens with zero attached hydrogens (tertiary/aromatic N) is 6. The molecule has 14 aromatic rings. The molecule has 0 saturated heterocycles. The molecule has 0 fully saturated rings. The summed E-state index contributed by atoms with van der Waals surface area (Å²) < 4.78 is 7.16. The molecule has 0 N–H and O–H groups in total. The quantitative estimate of drug-likeness (QED) is 0.160. The standard InChI is InChI=1S/C63H40N6/c1-4-18-41(19-5-1)61-64-62(42-20-6-2-7-21-42)66-63(65-61)53-39-44(43-32-36-58-52(38-43)50-27-13-16-30-56(50)67(58)45-22-8-3-9-23-45)33-37-59(53)69-57-31-17-12-26-49(57)51-35-34-46(40-60(51)69)68-54-28-14-10-24-47(54)48-25-11-15-29-55(48)68/h1-40H. The largest absolute Gasteiger partial charge is 0.309 e. The summed E-state index contributed by atoms with van der Waals surface area (Å²) in [5.74, 6) is 1.81. The highest BCUT2D eigenvalue weighted by Crippen LogP contribution is 2.42. The van der Waals surface area contributed by atoms with Crippen LogP contribution in [0.15, 0.2) is 243 Å². The third-order valence-electron chi connectivity index (χ3n) is 13.7. The first-order valence-electron chi connectivity index (χ1n) is 23.4. The van der Waals surface area contributed by atoms with Gasteiger partial charge in [0.05, 0.1) is 38.8 Å². The smallest absolute Gasteiger partial charge is 0.166 e. The average Bonchev–Trinajstić information content (AvgIpc) is 4.06. The van der Waals surface area contributed by atoms with Gasteiger partial charge in [-0.1, -0.05) is 170 Å². The molecule has 0 spiro atoms. The van der Waals surface area contributed by atoms with Crippen LogP contribution in [0.4, 0.5) is 0 Å². The van der Waals surface area contributed by atoms with Gasteiger partial charge >= 0.3 is 0 Å². The minimum Gasteiger partial charge on any atom is -0.309 e. The van der Waals surface area contributed by atoms with E-state index < -0.39 is 0 Å². The van der Waals surface area contributed by atoms with Gasteiger partial charge in [0, 0.05) is 60.4 Å². The molecule has 0 bridgehead atoms. The third-order valence-corrected chi connectivity index (χ3v) is 13.7. The molecule has 0 saturated carbocycles. The van der Waals surface area contributed by atoms with Crippen molar-refractivity contribution in [3.8, 4) is 62.4 Å². The van der Waals surface area contributed by atoms with Crippen LogP contribution in [0.5, 0.6) is 0 Å². The zero-order valence-corrected chi connectivity index (χ0v) is 37.3. The molecule has 0 aliphatic rings. The first kappa shape index (κ1) is 38.8. The minimum atomic E-state index is 0.589. The number of fused-ring (bicyclic) bond motifs is 9. The lowest BCUT2D eigenvalue weighted by Gasteiger charge is -2.17. The van der Waals surface area contributed by atoms with E-state index in [0.717, 1.165) is 66.8 Å². The molecule has 4 aromatic heterocycles. The monoisotopic (exact) mass is 880 g/mol. The van der Waals surface area contributed by atoms with Crippen LogP contribution in [0.3, 0.4) is 0 Å². The van der Waals surface area contributed by atoms with Crippen LogP contribution < -0.4 is 0 Å². The first-order chi connectivity index (χ1) is 34.2. The Bertz CT molecular complexity index is 4190. The van der Waals surface area contributed by atoms with Crippen molar-refractivity contribution in [3.05, 3.63) is 243 Å². The Morgan fingerprint density at radius 1 is 0.232 bits per heavy atom. The molecule has 6 heteroatoms. The Balaban J connectivity index is 1.05. The second-order valence-corrected chi connectivity index (χ2v) is 17.6. The van der Waals surface area contributed by atoms with E-state index >= 15 is 0 Å². The second-order valence-electron chi connectivity index (χ2n) is 17.6. The molecule has 6 nitrogen and oxygen atoms in total. The molecule has 0 unspecified atom stereocenters. The Kier molecular flexibility index (Phi) is 8.79. The highest BCUT2D eigenvalue weighted by Gasteiger charge is 2.22. The van der Waals surface area contributed by atoms with E-state index in [0.29, 0.717) is 17.5 Å². The van der Waals surface area contributed by atoms with E-state index in [2.05, 4.69) is 220 Å². The lowest BCUT2D eigenvalue weighted by Crippen LogP contribution is -2.04. The van der Waals surface area contributed by atoms with E-state index in [1.165, 1.54) is 43.5 Å². The summed E-state index contributed by atoms with van der Waals surface area (Å²) in [6.07, 6.45) is 0. The fourth-order valence-electron chi connectivity index (χ4n) is 10.6. The molecule has 69 heavy (non-hydrogen) atoms. The molecule has 0 aliphatic carbocycles. The number of para-hydroxylation sites is 5. The number of benzene rings is 10. The van der Waals surface area contributed by atoms with Crippen LogP contribution in [0.2, 0.25) is 0 Å². The molecule has 10 aromatic carbocycles. The van der Waals surface area contributed by atoms with E-state index in [1.54, 1.807) is 0 Å². The van der Waals surface area contributed by atoms with Gasteiger partial charge in [0.2, 0.25) is 0 Å². The molecule has 0 amide bonds. The zero-order valence-electron chi connectivity index (χ0n) is 37.3. The van der Waals surface area contributed by atoms with Crippen LogP contribution in [0.25, 0.3) is 128 Å². The molecule has 322 valence electrons. The van der Waals surface area contributed by atoms with Crippen molar-refractivity contribution >= 4 is 65.4 Å². The summed E-state index contributed by atoms with van der Waals surface area (Å²) in [5, 5.41) is 7.19. The Morgan fingerprint density at radius 3 is 1.23 bits per heavy atom. The Labute approximate surface area is 397 Å². The Hall–Kier alpha value is -9.39. The zero-order chi connectivity index (χ0) is 45.4. The van der Waals surface area contributed by atoms with Gasteiger partial charge in [0.25, 0.3) is 0 Å². The van der Waals surface area contributed by atoms with Crippen molar-refractivity contribution in [2.45, 2.75) is 0 Å². The number of hydrogen-bond donors (Lipinski definition) is 0. The summed E-state index contributed by atoms with van der Waals surface area (Å²) >= 11 is 0. The summed E-state index contributed by atoms with van der Waals surface area (Å²) in [5.41, 5.74) is 14.9. The molecule has 4 heterocycles. The van der Waals surface area contributed by atoms with Crippen molar-refractivity contribution < 1.29 is 0 Å². The van der Waals surface area contributed by atoms with Crippen LogP contribution in [-0.2, 0) is 0 Å². The first-order valence-corrected chi connectivity index (χ1v) is 23.4. The minimum absolute atomic E-state index is 0.589. The van der Waals surface area contributed by atoms with Crippen molar-refractivity contribution in [1.29, 1.82) is 0 Å². The molecule has 0 radical (unpaired) electrons. The Morgan fingerprint density at radius 2 is 0.652 bits per heavy atom.